The normalized spacial score (nSPS) is 19.5. The Bertz CT molecular complexity index is 1430. The Morgan fingerprint density at radius 1 is 0.865 bits per heavy atom. The van der Waals surface area contributed by atoms with Gasteiger partial charge in [-0.2, -0.15) is 11.8 Å². The van der Waals surface area contributed by atoms with E-state index in [1.165, 1.54) is 63.1 Å². The summed E-state index contributed by atoms with van der Waals surface area (Å²) in [4.78, 5) is 24.0. The lowest BCUT2D eigenvalue weighted by Crippen LogP contribution is -2.37. The van der Waals surface area contributed by atoms with Crippen LogP contribution >= 0.6 is 23.5 Å². The third kappa shape index (κ3) is 13.1. The average molecular weight is 757 g/mol. The highest BCUT2D eigenvalue weighted by Crippen LogP contribution is 2.52. The van der Waals surface area contributed by atoms with Crippen LogP contribution in [0.4, 0.5) is 0 Å². The smallest absolute Gasteiger partial charge is 0.345 e. The van der Waals surface area contributed by atoms with Crippen molar-refractivity contribution in [1.29, 1.82) is 0 Å². The highest BCUT2D eigenvalue weighted by atomic mass is 32.2. The van der Waals surface area contributed by atoms with E-state index in [0.29, 0.717) is 5.75 Å². The highest BCUT2D eigenvalue weighted by Gasteiger charge is 2.39. The van der Waals surface area contributed by atoms with E-state index in [1.54, 1.807) is 11.8 Å². The Labute approximate surface area is 322 Å². The number of carboxylic acids is 1. The molecular weight excluding hydrogens is 693 g/mol. The van der Waals surface area contributed by atoms with Crippen molar-refractivity contribution < 1.29 is 33.6 Å². The zero-order chi connectivity index (χ0) is 37.7. The number of carboxylic acid groups (broad SMARTS) is 1. The van der Waals surface area contributed by atoms with Gasteiger partial charge in [-0.3, -0.25) is 4.79 Å². The summed E-state index contributed by atoms with van der Waals surface area (Å²) in [6.45, 7) is 16.0. The number of rotatable bonds is 23. The van der Waals surface area contributed by atoms with Crippen molar-refractivity contribution in [3.05, 3.63) is 52.6 Å². The van der Waals surface area contributed by atoms with Crippen LogP contribution in [0, 0.1) is 31.6 Å². The summed E-state index contributed by atoms with van der Waals surface area (Å²) < 4.78 is 24.8. The van der Waals surface area contributed by atoms with Crippen molar-refractivity contribution in [1.82, 2.24) is 0 Å². The first-order chi connectivity index (χ1) is 24.8. The maximum atomic E-state index is 12.3. The molecule has 7 nitrogen and oxygen atoms in total. The maximum absolute atomic E-state index is 12.3. The summed E-state index contributed by atoms with van der Waals surface area (Å²) in [5.41, 5.74) is 4.01. The predicted octanol–water partition coefficient (Wildman–Crippen LogP) is 10.6. The topological polar surface area (TPSA) is 91.3 Å². The molecule has 52 heavy (non-hydrogen) atoms. The van der Waals surface area contributed by atoms with E-state index in [4.69, 9.17) is 18.9 Å². The molecule has 1 unspecified atom stereocenters. The van der Waals surface area contributed by atoms with Crippen molar-refractivity contribution >= 4 is 35.5 Å². The monoisotopic (exact) mass is 756 g/mol. The van der Waals surface area contributed by atoms with Gasteiger partial charge in [0.2, 0.25) is 12.4 Å². The highest BCUT2D eigenvalue weighted by molar-refractivity contribution is 8.03. The Hall–Kier alpha value is -2.52. The minimum Gasteiger partial charge on any atom is -0.487 e. The number of carbonyl (C=O) groups is 2. The summed E-state index contributed by atoms with van der Waals surface area (Å²) in [6.07, 6.45) is 12.1. The number of esters is 1. The van der Waals surface area contributed by atoms with Crippen LogP contribution in [0.3, 0.4) is 0 Å². The number of benzene rings is 2. The first kappa shape index (κ1) is 42.2. The maximum Gasteiger partial charge on any atom is 0.345 e. The molecule has 0 fully saturated rings. The summed E-state index contributed by atoms with van der Waals surface area (Å²) >= 11 is 3.15. The SMILES string of the molecule is Cc1c(C)c2c(c3c1O[C@](C)(CCC[C@H](C)CCC[C@H](C)CCCC(C)C)CC3)OC(CSCCSCC(=O)O[C@H](Cc1ccccc1)C(=O)O)O2. The van der Waals surface area contributed by atoms with Crippen molar-refractivity contribution in [2.75, 3.05) is 23.0 Å². The van der Waals surface area contributed by atoms with Gasteiger partial charge in [0, 0.05) is 29.1 Å². The second kappa shape index (κ2) is 20.8. The van der Waals surface area contributed by atoms with Crippen molar-refractivity contribution in [3.8, 4) is 17.2 Å². The largest absolute Gasteiger partial charge is 0.487 e. The Morgan fingerprint density at radius 2 is 1.48 bits per heavy atom. The van der Waals surface area contributed by atoms with E-state index < -0.39 is 18.0 Å². The molecule has 2 aliphatic heterocycles. The molecule has 0 saturated carbocycles. The molecule has 0 bridgehead atoms. The zero-order valence-electron chi connectivity index (χ0n) is 32.8. The average Bonchev–Trinajstić information content (AvgIpc) is 3.53. The number of thioether (sulfide) groups is 2. The van der Waals surface area contributed by atoms with Crippen LogP contribution in [0.25, 0.3) is 0 Å². The first-order valence-corrected chi connectivity index (χ1v) is 22.0. The molecular formula is C43H64O7S2. The van der Waals surface area contributed by atoms with E-state index in [0.717, 1.165) is 88.0 Å². The molecule has 2 aromatic rings. The molecule has 0 spiro atoms. The lowest BCUT2D eigenvalue weighted by molar-refractivity contribution is -0.162. The van der Waals surface area contributed by atoms with Crippen molar-refractivity contribution in [2.45, 2.75) is 144 Å². The van der Waals surface area contributed by atoms with Gasteiger partial charge >= 0.3 is 11.9 Å². The van der Waals surface area contributed by atoms with Gasteiger partial charge in [0.15, 0.2) is 11.5 Å². The van der Waals surface area contributed by atoms with Gasteiger partial charge in [-0.05, 0) is 75.3 Å². The summed E-state index contributed by atoms with van der Waals surface area (Å²) in [5, 5.41) is 9.50. The summed E-state index contributed by atoms with van der Waals surface area (Å²) in [6, 6.07) is 9.20. The molecule has 0 amide bonds. The molecule has 0 aliphatic carbocycles. The van der Waals surface area contributed by atoms with Crippen LogP contribution in [-0.2, 0) is 27.2 Å². The molecule has 0 saturated heterocycles. The van der Waals surface area contributed by atoms with E-state index in [-0.39, 0.29) is 24.1 Å². The number of hydrogen-bond acceptors (Lipinski definition) is 8. The quantitative estimate of drug-likeness (QED) is 0.0879. The molecule has 4 rings (SSSR count). The molecule has 0 radical (unpaired) electrons. The molecule has 9 heteroatoms. The van der Waals surface area contributed by atoms with Crippen LogP contribution in [0.15, 0.2) is 30.3 Å². The molecule has 2 aromatic carbocycles. The number of carbonyl (C=O) groups excluding carboxylic acids is 1. The van der Waals surface area contributed by atoms with E-state index >= 15 is 0 Å². The van der Waals surface area contributed by atoms with Gasteiger partial charge in [-0.25, -0.2) is 4.79 Å². The first-order valence-electron chi connectivity index (χ1n) is 19.6. The van der Waals surface area contributed by atoms with Gasteiger partial charge in [0.1, 0.15) is 11.4 Å². The summed E-state index contributed by atoms with van der Waals surface area (Å²) in [7, 11) is 0. The number of fused-ring (bicyclic) bond motifs is 3. The molecule has 290 valence electrons. The van der Waals surface area contributed by atoms with E-state index in [9.17, 15) is 14.7 Å². The van der Waals surface area contributed by atoms with Gasteiger partial charge in [-0.1, -0.05) is 103 Å². The van der Waals surface area contributed by atoms with E-state index in [1.807, 2.05) is 30.3 Å². The van der Waals surface area contributed by atoms with Gasteiger partial charge in [0.25, 0.3) is 0 Å². The second-order valence-electron chi connectivity index (χ2n) is 15.9. The molecule has 2 aliphatic rings. The lowest BCUT2D eigenvalue weighted by atomic mass is 9.85. The number of hydrogen-bond donors (Lipinski definition) is 1. The third-order valence-electron chi connectivity index (χ3n) is 10.7. The summed E-state index contributed by atoms with van der Waals surface area (Å²) in [5.74, 6) is 5.76. The Balaban J connectivity index is 1.15. The van der Waals surface area contributed by atoms with Crippen LogP contribution < -0.4 is 14.2 Å². The fraction of sp³-hybridized carbons (Fsp3) is 0.674. The molecule has 5 atom stereocenters. The zero-order valence-corrected chi connectivity index (χ0v) is 34.4. The van der Waals surface area contributed by atoms with Crippen LogP contribution in [0.1, 0.15) is 121 Å². The van der Waals surface area contributed by atoms with Gasteiger partial charge in [-0.15, -0.1) is 11.8 Å². The van der Waals surface area contributed by atoms with Gasteiger partial charge < -0.3 is 24.1 Å². The third-order valence-corrected chi connectivity index (χ3v) is 12.9. The van der Waals surface area contributed by atoms with E-state index in [2.05, 4.69) is 48.5 Å². The second-order valence-corrected chi connectivity index (χ2v) is 18.2. The van der Waals surface area contributed by atoms with Crippen LogP contribution in [0.5, 0.6) is 17.2 Å². The van der Waals surface area contributed by atoms with Crippen LogP contribution in [-0.4, -0.2) is 58.1 Å². The lowest BCUT2D eigenvalue weighted by Gasteiger charge is -2.37. The van der Waals surface area contributed by atoms with Crippen molar-refractivity contribution in [2.24, 2.45) is 17.8 Å². The number of ether oxygens (including phenoxy) is 4. The fourth-order valence-corrected chi connectivity index (χ4v) is 9.10. The van der Waals surface area contributed by atoms with Crippen LogP contribution in [0.2, 0.25) is 0 Å². The standard InChI is InChI=1S/C43H64O7S2/c1-29(2)14-11-15-30(3)16-12-17-31(4)18-13-22-43(7)23-21-35-39(50-43)32(5)33(6)40-41(35)49-38(48-40)28-52-25-24-51-27-37(44)47-36(42(45)46)26-34-19-9-8-10-20-34/h8-10,19-20,29-31,36,38H,11-18,21-28H2,1-7H3,(H,45,46)/t30-,31-,36-,38?,43-/m1/s1. The van der Waals surface area contributed by atoms with Crippen molar-refractivity contribution in [3.63, 3.8) is 0 Å². The molecule has 1 N–H and O–H groups in total. The minimum absolute atomic E-state index is 0.113. The predicted molar refractivity (Wildman–Crippen MR) is 215 cm³/mol. The van der Waals surface area contributed by atoms with Gasteiger partial charge in [0.05, 0.1) is 11.5 Å². The molecule has 0 aromatic heterocycles. The fourth-order valence-electron chi connectivity index (χ4n) is 7.28. The Morgan fingerprint density at radius 3 is 2.15 bits per heavy atom. The number of aliphatic carboxylic acids is 1. The molecule has 2 heterocycles. The minimum atomic E-state index is -1.19. The Kier molecular flexibility index (Phi) is 16.9.